The number of phenols is 1. The highest BCUT2D eigenvalue weighted by Gasteiger charge is 2.44. The standard InChI is InChI=1S/C44H36BNO8S/c47-40-22-38-29(12-14-36-35-13-11-28-5-1-2-6-32(28)34(35)15-16-37(36)38)20-42(40)54-45(48)43(21-31-23-52-41-8-4-3-7-33(31)41)46-55(49,50)25-27-9-10-30-24-53-44(39(30)19-27)17-18-51-26-44/h1-16,19-20,22-23,43,46-48H,17-18,21,24-26H2. The quantitative estimate of drug-likeness (QED) is 0.100. The number of benzene rings is 7. The molecule has 3 N–H and O–H groups in total. The third-order valence-corrected chi connectivity index (χ3v) is 12.6. The molecule has 0 bridgehead atoms. The number of hydrogen-bond donors (Lipinski definition) is 3. The van der Waals surface area contributed by atoms with E-state index in [2.05, 4.69) is 47.2 Å². The molecule has 0 saturated carbocycles. The molecule has 9 nitrogen and oxygen atoms in total. The van der Waals surface area contributed by atoms with Gasteiger partial charge >= 0.3 is 7.12 Å². The van der Waals surface area contributed by atoms with Crippen LogP contribution >= 0.6 is 0 Å². The molecule has 2 unspecified atom stereocenters. The van der Waals surface area contributed by atoms with Crippen molar-refractivity contribution in [1.82, 2.24) is 4.72 Å². The van der Waals surface area contributed by atoms with Crippen molar-refractivity contribution in [1.29, 1.82) is 0 Å². The molecule has 10 rings (SSSR count). The number of phenolic OH excluding ortho intramolecular Hbond substituents is 1. The minimum atomic E-state index is -4.04. The van der Waals surface area contributed by atoms with Crippen molar-refractivity contribution in [3.05, 3.63) is 144 Å². The molecule has 274 valence electrons. The van der Waals surface area contributed by atoms with Crippen molar-refractivity contribution in [2.24, 2.45) is 0 Å². The summed E-state index contributed by atoms with van der Waals surface area (Å²) in [6, 6.07) is 37.1. The minimum Gasteiger partial charge on any atom is -0.533 e. The lowest BCUT2D eigenvalue weighted by Crippen LogP contribution is -2.51. The van der Waals surface area contributed by atoms with Crippen LogP contribution < -0.4 is 9.38 Å². The molecule has 55 heavy (non-hydrogen) atoms. The van der Waals surface area contributed by atoms with Gasteiger partial charge in [-0.3, -0.25) is 0 Å². The largest absolute Gasteiger partial charge is 0.542 e. The average Bonchev–Trinajstić information content (AvgIpc) is 3.93. The molecule has 0 radical (unpaired) electrons. The Hall–Kier alpha value is -5.43. The van der Waals surface area contributed by atoms with Crippen LogP contribution in [0.4, 0.5) is 0 Å². The summed E-state index contributed by atoms with van der Waals surface area (Å²) in [4.78, 5) is 0. The van der Waals surface area contributed by atoms with Gasteiger partial charge in [0.2, 0.25) is 10.0 Å². The first-order valence-corrected chi connectivity index (χ1v) is 20.0. The van der Waals surface area contributed by atoms with E-state index in [1.165, 1.54) is 10.8 Å². The minimum absolute atomic E-state index is 0.0232. The Morgan fingerprint density at radius 2 is 1.53 bits per heavy atom. The van der Waals surface area contributed by atoms with Gasteiger partial charge in [0.15, 0.2) is 5.75 Å². The lowest BCUT2D eigenvalue weighted by Gasteiger charge is -2.23. The van der Waals surface area contributed by atoms with Crippen LogP contribution in [0, 0.1) is 0 Å². The summed E-state index contributed by atoms with van der Waals surface area (Å²) in [5, 5.41) is 32.0. The Balaban J connectivity index is 0.965. The number of fused-ring (bicyclic) bond motifs is 10. The van der Waals surface area contributed by atoms with Crippen LogP contribution in [0.25, 0.3) is 54.1 Å². The van der Waals surface area contributed by atoms with E-state index < -0.39 is 28.7 Å². The monoisotopic (exact) mass is 749 g/mol. The Morgan fingerprint density at radius 3 is 2.35 bits per heavy atom. The maximum Gasteiger partial charge on any atom is 0.542 e. The normalized spacial score (nSPS) is 17.5. The van der Waals surface area contributed by atoms with Gasteiger partial charge < -0.3 is 28.7 Å². The second-order valence-corrected chi connectivity index (χ2v) is 16.4. The summed E-state index contributed by atoms with van der Waals surface area (Å²) in [6.07, 6.45) is 2.33. The molecule has 7 aromatic carbocycles. The topological polar surface area (TPSA) is 127 Å². The summed E-state index contributed by atoms with van der Waals surface area (Å²) in [6.45, 7) is 1.48. The first-order chi connectivity index (χ1) is 26.7. The molecule has 1 fully saturated rings. The Kier molecular flexibility index (Phi) is 8.13. The Morgan fingerprint density at radius 1 is 0.800 bits per heavy atom. The molecule has 2 aliphatic rings. The fraction of sp³-hybridized carbons (Fsp3) is 0.182. The molecule has 3 heterocycles. The molecule has 0 amide bonds. The first-order valence-electron chi connectivity index (χ1n) is 18.4. The molecular formula is C44H36BNO8S. The Labute approximate surface area is 317 Å². The van der Waals surface area contributed by atoms with E-state index in [0.717, 1.165) is 48.8 Å². The molecule has 2 atom stereocenters. The average molecular weight is 750 g/mol. The first kappa shape index (κ1) is 34.1. The lowest BCUT2D eigenvalue weighted by atomic mass is 9.76. The number of furan rings is 1. The fourth-order valence-electron chi connectivity index (χ4n) is 8.51. The third-order valence-electron chi connectivity index (χ3n) is 11.3. The molecule has 1 saturated heterocycles. The number of hydrogen-bond acceptors (Lipinski definition) is 8. The van der Waals surface area contributed by atoms with Gasteiger partial charge in [-0.2, -0.15) is 0 Å². The van der Waals surface area contributed by atoms with Gasteiger partial charge in [-0.15, -0.1) is 0 Å². The van der Waals surface area contributed by atoms with Gasteiger partial charge in [-0.05, 0) is 90.0 Å². The van der Waals surface area contributed by atoms with Gasteiger partial charge in [0.1, 0.15) is 16.9 Å². The maximum atomic E-state index is 13.9. The summed E-state index contributed by atoms with van der Waals surface area (Å²) >= 11 is 0. The smallest absolute Gasteiger partial charge is 0.533 e. The number of ether oxygens (including phenoxy) is 2. The zero-order valence-corrected chi connectivity index (χ0v) is 30.5. The molecule has 1 aromatic heterocycles. The van der Waals surface area contributed by atoms with Crippen molar-refractivity contribution < 1.29 is 37.1 Å². The number of nitrogens with one attached hydrogen (secondary N) is 1. The van der Waals surface area contributed by atoms with Crippen LogP contribution in [0.1, 0.15) is 28.7 Å². The van der Waals surface area contributed by atoms with E-state index in [1.54, 1.807) is 24.5 Å². The summed E-state index contributed by atoms with van der Waals surface area (Å²) in [7, 11) is -5.72. The van der Waals surface area contributed by atoms with Crippen molar-refractivity contribution in [3.63, 3.8) is 0 Å². The summed E-state index contributed by atoms with van der Waals surface area (Å²) in [5.41, 5.74) is 3.36. The van der Waals surface area contributed by atoms with E-state index >= 15 is 0 Å². The van der Waals surface area contributed by atoms with Crippen LogP contribution in [0.15, 0.2) is 126 Å². The third kappa shape index (κ3) is 6.00. The van der Waals surface area contributed by atoms with E-state index in [0.29, 0.717) is 43.0 Å². The lowest BCUT2D eigenvalue weighted by molar-refractivity contribution is -0.0421. The van der Waals surface area contributed by atoms with Gasteiger partial charge in [0.05, 0.1) is 31.2 Å². The highest BCUT2D eigenvalue weighted by Crippen LogP contribution is 2.43. The van der Waals surface area contributed by atoms with Crippen LogP contribution in [0.5, 0.6) is 11.5 Å². The zero-order valence-electron chi connectivity index (χ0n) is 29.7. The van der Waals surface area contributed by atoms with Gasteiger partial charge in [0.25, 0.3) is 0 Å². The van der Waals surface area contributed by atoms with E-state index in [9.17, 15) is 18.5 Å². The van der Waals surface area contributed by atoms with Gasteiger partial charge in [-0.25, -0.2) is 13.1 Å². The van der Waals surface area contributed by atoms with E-state index in [1.807, 2.05) is 54.6 Å². The van der Waals surface area contributed by atoms with Gasteiger partial charge in [0, 0.05) is 18.4 Å². The highest BCUT2D eigenvalue weighted by atomic mass is 32.2. The van der Waals surface area contributed by atoms with Crippen LogP contribution in [-0.2, 0) is 43.9 Å². The SMILES string of the molecule is O=S(=O)(Cc1ccc2c(c1)C1(CCOC1)OC2)NC(Cc1coc2ccccc12)B(O)Oc1cc2ccc3c(ccc4c5ccccc5ccc43)c2cc1O. The molecule has 1 spiro atoms. The van der Waals surface area contributed by atoms with Crippen LogP contribution in [0.2, 0.25) is 0 Å². The van der Waals surface area contributed by atoms with E-state index in [-0.39, 0.29) is 23.7 Å². The summed E-state index contributed by atoms with van der Waals surface area (Å²) in [5.74, 6) is -1.63. The second kappa shape index (κ2) is 13.1. The molecule has 8 aromatic rings. The molecule has 11 heteroatoms. The van der Waals surface area contributed by atoms with Crippen molar-refractivity contribution in [2.75, 3.05) is 13.2 Å². The number of aromatic hydroxyl groups is 1. The second-order valence-electron chi connectivity index (χ2n) is 14.7. The van der Waals surface area contributed by atoms with Crippen molar-refractivity contribution in [2.45, 2.75) is 36.7 Å². The number of rotatable bonds is 9. The maximum absolute atomic E-state index is 13.9. The van der Waals surface area contributed by atoms with Crippen LogP contribution in [-0.4, -0.2) is 44.8 Å². The molecular weight excluding hydrogens is 713 g/mol. The predicted octanol–water partition coefficient (Wildman–Crippen LogP) is 8.03. The van der Waals surface area contributed by atoms with E-state index in [4.69, 9.17) is 18.5 Å². The number of para-hydroxylation sites is 1. The number of sulfonamides is 1. The zero-order chi connectivity index (χ0) is 37.3. The molecule has 2 aliphatic heterocycles. The van der Waals surface area contributed by atoms with Crippen molar-refractivity contribution in [3.8, 4) is 11.5 Å². The fourth-order valence-corrected chi connectivity index (χ4v) is 9.87. The van der Waals surface area contributed by atoms with Crippen molar-refractivity contribution >= 4 is 71.2 Å². The highest BCUT2D eigenvalue weighted by molar-refractivity contribution is 7.88. The Bertz CT molecular complexity index is 2920. The predicted molar refractivity (Wildman–Crippen MR) is 215 cm³/mol. The summed E-state index contributed by atoms with van der Waals surface area (Å²) < 4.78 is 54.1. The molecule has 0 aliphatic carbocycles. The van der Waals surface area contributed by atoms with Gasteiger partial charge in [-0.1, -0.05) is 97.1 Å². The van der Waals surface area contributed by atoms with Crippen LogP contribution in [0.3, 0.4) is 0 Å².